The summed E-state index contributed by atoms with van der Waals surface area (Å²) in [6.07, 6.45) is 5.65. The summed E-state index contributed by atoms with van der Waals surface area (Å²) < 4.78 is 5.51. The highest BCUT2D eigenvalue weighted by atomic mass is 16.6. The van der Waals surface area contributed by atoms with Gasteiger partial charge in [-0.05, 0) is 58.6 Å². The monoisotopic (exact) mass is 301 g/mol. The maximum atomic E-state index is 12.4. The Balaban J connectivity index is 1.78. The number of hydrogen-bond donors (Lipinski definition) is 0. The van der Waals surface area contributed by atoms with Crippen LogP contribution in [0.3, 0.4) is 0 Å². The molecule has 0 radical (unpaired) electrons. The fraction of sp³-hybridized carbons (Fsp3) is 0.588. The molecule has 1 fully saturated rings. The van der Waals surface area contributed by atoms with Gasteiger partial charge >= 0.3 is 6.09 Å². The third-order valence-electron chi connectivity index (χ3n) is 3.70. The molecule has 1 aliphatic carbocycles. The average Bonchev–Trinajstić information content (AvgIpc) is 3.11. The van der Waals surface area contributed by atoms with Crippen molar-refractivity contribution in [1.82, 2.24) is 4.98 Å². The predicted octanol–water partition coefficient (Wildman–Crippen LogP) is 3.57. The smallest absolute Gasteiger partial charge is 0.416 e. The molecule has 0 saturated heterocycles. The molecule has 1 saturated carbocycles. The molecular weight excluding hydrogens is 278 g/mol. The second-order valence-electron chi connectivity index (χ2n) is 6.92. The van der Waals surface area contributed by atoms with Gasteiger partial charge in [0.2, 0.25) is 0 Å². The van der Waals surface area contributed by atoms with Gasteiger partial charge in [-0.3, -0.25) is 9.89 Å². The number of nitrogens with zero attached hydrogens (tertiary/aromatic N) is 3. The lowest BCUT2D eigenvalue weighted by molar-refractivity contribution is 0.0576. The van der Waals surface area contributed by atoms with E-state index < -0.39 is 5.60 Å². The van der Waals surface area contributed by atoms with Crippen molar-refractivity contribution >= 4 is 17.6 Å². The maximum absolute atomic E-state index is 12.4. The van der Waals surface area contributed by atoms with Crippen LogP contribution in [0.2, 0.25) is 0 Å². The summed E-state index contributed by atoms with van der Waals surface area (Å²) in [5.74, 6) is 0.666. The third-order valence-corrected chi connectivity index (χ3v) is 3.70. The topological polar surface area (TPSA) is 54.8 Å². The van der Waals surface area contributed by atoms with Crippen LogP contribution in [0.4, 0.5) is 10.6 Å². The van der Waals surface area contributed by atoms with Crippen molar-refractivity contribution in [1.29, 1.82) is 0 Å². The first-order valence-corrected chi connectivity index (χ1v) is 7.96. The van der Waals surface area contributed by atoms with Crippen LogP contribution >= 0.6 is 0 Å². The van der Waals surface area contributed by atoms with Gasteiger partial charge in [-0.1, -0.05) is 0 Å². The van der Waals surface area contributed by atoms with E-state index in [2.05, 4.69) is 9.98 Å². The quantitative estimate of drug-likeness (QED) is 0.857. The fourth-order valence-electron chi connectivity index (χ4n) is 2.55. The first kappa shape index (κ1) is 15.0. The van der Waals surface area contributed by atoms with Crippen LogP contribution in [-0.4, -0.2) is 35.0 Å². The highest BCUT2D eigenvalue weighted by molar-refractivity contribution is 6.01. The number of rotatable bonds is 3. The number of pyridine rings is 1. The number of hydrogen-bond acceptors (Lipinski definition) is 4. The van der Waals surface area contributed by atoms with Gasteiger partial charge in [0.05, 0.1) is 0 Å². The zero-order chi connectivity index (χ0) is 15.7. The van der Waals surface area contributed by atoms with Crippen molar-refractivity contribution in [3.63, 3.8) is 0 Å². The van der Waals surface area contributed by atoms with Crippen LogP contribution in [0.1, 0.15) is 52.0 Å². The van der Waals surface area contributed by atoms with E-state index in [0.717, 1.165) is 43.5 Å². The molecule has 0 bridgehead atoms. The van der Waals surface area contributed by atoms with Crippen molar-refractivity contribution in [2.75, 3.05) is 11.4 Å². The maximum Gasteiger partial charge on any atom is 0.416 e. The summed E-state index contributed by atoms with van der Waals surface area (Å²) in [6, 6.07) is 4.13. The van der Waals surface area contributed by atoms with E-state index in [0.29, 0.717) is 5.82 Å². The first-order valence-electron chi connectivity index (χ1n) is 7.96. The molecule has 2 aliphatic rings. The summed E-state index contributed by atoms with van der Waals surface area (Å²) in [5.41, 5.74) is 1.68. The highest BCUT2D eigenvalue weighted by Crippen LogP contribution is 2.32. The van der Waals surface area contributed by atoms with Crippen LogP contribution in [0.5, 0.6) is 0 Å². The number of carbonyl (C=O) groups is 1. The molecule has 1 aliphatic heterocycles. The molecule has 0 aromatic carbocycles. The molecule has 22 heavy (non-hydrogen) atoms. The second-order valence-corrected chi connectivity index (χ2v) is 6.92. The fourth-order valence-corrected chi connectivity index (χ4v) is 2.55. The van der Waals surface area contributed by atoms with Crippen LogP contribution in [-0.2, 0) is 4.74 Å². The van der Waals surface area contributed by atoms with Gasteiger partial charge in [-0.15, -0.1) is 0 Å². The Labute approximate surface area is 131 Å². The van der Waals surface area contributed by atoms with E-state index in [4.69, 9.17) is 4.74 Å². The number of anilines is 1. The van der Waals surface area contributed by atoms with Crippen molar-refractivity contribution in [3.8, 4) is 0 Å². The number of ether oxygens (including phenoxy) is 1. The molecule has 5 nitrogen and oxygen atoms in total. The predicted molar refractivity (Wildman–Crippen MR) is 86.6 cm³/mol. The molecular formula is C17H23N3O2. The molecule has 1 aromatic rings. The summed E-state index contributed by atoms with van der Waals surface area (Å²) in [7, 11) is 0. The minimum atomic E-state index is -0.497. The van der Waals surface area contributed by atoms with Gasteiger partial charge in [-0.25, -0.2) is 9.78 Å². The number of amides is 1. The lowest BCUT2D eigenvalue weighted by Crippen LogP contribution is -2.38. The Morgan fingerprint density at radius 2 is 2.09 bits per heavy atom. The summed E-state index contributed by atoms with van der Waals surface area (Å²) in [6.45, 7) is 6.55. The third kappa shape index (κ3) is 3.46. The van der Waals surface area contributed by atoms with E-state index in [9.17, 15) is 4.79 Å². The van der Waals surface area contributed by atoms with Gasteiger partial charge in [0, 0.05) is 30.1 Å². The number of aromatic nitrogens is 1. The molecule has 0 spiro atoms. The lowest BCUT2D eigenvalue weighted by atomic mass is 10.1. The summed E-state index contributed by atoms with van der Waals surface area (Å²) in [5, 5.41) is 0. The van der Waals surface area contributed by atoms with Gasteiger partial charge in [-0.2, -0.15) is 0 Å². The van der Waals surface area contributed by atoms with E-state index >= 15 is 0 Å². The standard InChI is InChI=1S/C17H23N3O2/c1-17(2,3)22-16(21)20(13-7-8-13)15-9-6-12(11-19-15)14-5-4-10-18-14/h6,9,11,13H,4-5,7-8,10H2,1-3H3. The van der Waals surface area contributed by atoms with Gasteiger partial charge < -0.3 is 4.74 Å². The summed E-state index contributed by atoms with van der Waals surface area (Å²) in [4.78, 5) is 23.1. The summed E-state index contributed by atoms with van der Waals surface area (Å²) >= 11 is 0. The second kappa shape index (κ2) is 5.71. The van der Waals surface area contributed by atoms with Gasteiger partial charge in [0.15, 0.2) is 0 Å². The highest BCUT2D eigenvalue weighted by Gasteiger charge is 2.37. The molecule has 3 rings (SSSR count). The molecule has 2 heterocycles. The van der Waals surface area contributed by atoms with E-state index in [1.165, 1.54) is 0 Å². The molecule has 0 atom stereocenters. The number of aliphatic imine (C=N–C) groups is 1. The van der Waals surface area contributed by atoms with Crippen molar-refractivity contribution in [2.45, 2.75) is 58.1 Å². The van der Waals surface area contributed by atoms with E-state index in [-0.39, 0.29) is 12.1 Å². The Hall–Kier alpha value is -1.91. The van der Waals surface area contributed by atoms with Crippen molar-refractivity contribution in [2.24, 2.45) is 4.99 Å². The molecule has 5 heteroatoms. The molecule has 0 N–H and O–H groups in total. The molecule has 118 valence electrons. The Bertz CT molecular complexity index is 583. The van der Waals surface area contributed by atoms with Crippen LogP contribution in [0.15, 0.2) is 23.3 Å². The normalized spacial score (nSPS) is 18.0. The van der Waals surface area contributed by atoms with Crippen molar-refractivity contribution < 1.29 is 9.53 Å². The Morgan fingerprint density at radius 3 is 2.59 bits per heavy atom. The van der Waals surface area contributed by atoms with Crippen LogP contribution < -0.4 is 4.90 Å². The van der Waals surface area contributed by atoms with Crippen molar-refractivity contribution in [3.05, 3.63) is 23.9 Å². The Morgan fingerprint density at radius 1 is 1.32 bits per heavy atom. The minimum absolute atomic E-state index is 0.219. The van der Waals surface area contributed by atoms with E-state index in [1.807, 2.05) is 39.1 Å². The van der Waals surface area contributed by atoms with Crippen LogP contribution in [0.25, 0.3) is 0 Å². The minimum Gasteiger partial charge on any atom is -0.443 e. The zero-order valence-electron chi connectivity index (χ0n) is 13.5. The molecule has 1 amide bonds. The van der Waals surface area contributed by atoms with Gasteiger partial charge in [0.25, 0.3) is 0 Å². The van der Waals surface area contributed by atoms with E-state index in [1.54, 1.807) is 4.90 Å². The van der Waals surface area contributed by atoms with Crippen LogP contribution in [0, 0.1) is 0 Å². The molecule has 1 aromatic heterocycles. The van der Waals surface area contributed by atoms with Gasteiger partial charge in [0.1, 0.15) is 11.4 Å². The average molecular weight is 301 g/mol. The largest absolute Gasteiger partial charge is 0.443 e. The first-order chi connectivity index (χ1) is 10.4. The number of carbonyl (C=O) groups excluding carboxylic acids is 1. The molecule has 0 unspecified atom stereocenters. The zero-order valence-corrected chi connectivity index (χ0v) is 13.5. The lowest BCUT2D eigenvalue weighted by Gasteiger charge is -2.26. The SMILES string of the molecule is CC(C)(C)OC(=O)N(c1ccc(C2=NCCC2)cn1)C1CC1. The Kier molecular flexibility index (Phi) is 3.89.